The van der Waals surface area contributed by atoms with Crippen LogP contribution in [0.15, 0.2) is 47.3 Å². The van der Waals surface area contributed by atoms with Crippen LogP contribution in [0, 0.1) is 5.82 Å². The highest BCUT2D eigenvalue weighted by atomic mass is 35.5. The van der Waals surface area contributed by atoms with E-state index in [-0.39, 0.29) is 17.0 Å². The molecule has 1 atom stereocenters. The van der Waals surface area contributed by atoms with E-state index in [0.29, 0.717) is 23.2 Å². The minimum absolute atomic E-state index is 0.127. The predicted octanol–water partition coefficient (Wildman–Crippen LogP) is 3.10. The lowest BCUT2D eigenvalue weighted by molar-refractivity contribution is -0.118. The minimum Gasteiger partial charge on any atom is -0.497 e. The summed E-state index contributed by atoms with van der Waals surface area (Å²) in [7, 11) is 1.58. The van der Waals surface area contributed by atoms with Crippen LogP contribution in [0.1, 0.15) is 34.7 Å². The standard InChI is InChI=1S/C20H19ClFN3O3/c1-28-13-5-2-11(3-6-13)8-17-19(20(27)25-24-17)15(10-18(23)26)14-7-4-12(22)9-16(14)21/h2-7,9,15H,8,10H2,1H3,(H2,23,26)(H2,24,25,27). The number of hydrogen-bond acceptors (Lipinski definition) is 3. The van der Waals surface area contributed by atoms with Crippen molar-refractivity contribution in [2.24, 2.45) is 5.73 Å². The first-order valence-corrected chi connectivity index (χ1v) is 8.92. The summed E-state index contributed by atoms with van der Waals surface area (Å²) in [5.74, 6) is -1.08. The molecule has 0 saturated heterocycles. The zero-order valence-electron chi connectivity index (χ0n) is 15.1. The Balaban J connectivity index is 2.04. The van der Waals surface area contributed by atoms with Crippen molar-refractivity contribution < 1.29 is 13.9 Å². The lowest BCUT2D eigenvalue weighted by Crippen LogP contribution is -2.21. The van der Waals surface area contributed by atoms with E-state index >= 15 is 0 Å². The van der Waals surface area contributed by atoms with Gasteiger partial charge in [0.2, 0.25) is 5.91 Å². The van der Waals surface area contributed by atoms with Crippen LogP contribution in [0.5, 0.6) is 5.75 Å². The average molecular weight is 404 g/mol. The van der Waals surface area contributed by atoms with Crippen LogP contribution in [0.2, 0.25) is 5.02 Å². The molecule has 1 aromatic heterocycles. The Bertz CT molecular complexity index is 1040. The summed E-state index contributed by atoms with van der Waals surface area (Å²) in [5.41, 5.74) is 7.37. The monoisotopic (exact) mass is 403 g/mol. The number of amides is 1. The molecule has 0 radical (unpaired) electrons. The Morgan fingerprint density at radius 1 is 1.21 bits per heavy atom. The van der Waals surface area contributed by atoms with Gasteiger partial charge < -0.3 is 15.6 Å². The van der Waals surface area contributed by atoms with Gasteiger partial charge in [0.1, 0.15) is 11.6 Å². The molecule has 0 aliphatic rings. The molecule has 1 unspecified atom stereocenters. The molecule has 0 aliphatic heterocycles. The van der Waals surface area contributed by atoms with Gasteiger partial charge in [0.15, 0.2) is 0 Å². The Morgan fingerprint density at radius 2 is 1.93 bits per heavy atom. The van der Waals surface area contributed by atoms with Crippen molar-refractivity contribution in [2.45, 2.75) is 18.8 Å². The summed E-state index contributed by atoms with van der Waals surface area (Å²) >= 11 is 6.19. The maximum Gasteiger partial charge on any atom is 0.267 e. The molecule has 6 nitrogen and oxygen atoms in total. The largest absolute Gasteiger partial charge is 0.497 e. The molecule has 8 heteroatoms. The fraction of sp³-hybridized carbons (Fsp3) is 0.200. The van der Waals surface area contributed by atoms with E-state index in [4.69, 9.17) is 22.1 Å². The second kappa shape index (κ2) is 8.31. The molecule has 3 aromatic rings. The number of H-pyrrole nitrogens is 2. The van der Waals surface area contributed by atoms with Gasteiger partial charge in [-0.25, -0.2) is 4.39 Å². The molecular formula is C20H19ClFN3O3. The molecule has 0 saturated carbocycles. The second-order valence-electron chi connectivity index (χ2n) is 6.39. The normalized spacial score (nSPS) is 12.0. The van der Waals surface area contributed by atoms with Crippen LogP contribution >= 0.6 is 11.6 Å². The number of nitrogens with two attached hydrogens (primary N) is 1. The van der Waals surface area contributed by atoms with Gasteiger partial charge in [0, 0.05) is 35.0 Å². The van der Waals surface area contributed by atoms with Crippen LogP contribution in [-0.4, -0.2) is 23.2 Å². The van der Waals surface area contributed by atoms with Crippen LogP contribution in [0.3, 0.4) is 0 Å². The van der Waals surface area contributed by atoms with E-state index < -0.39 is 17.6 Å². The van der Waals surface area contributed by atoms with E-state index in [9.17, 15) is 14.0 Å². The molecule has 0 fully saturated rings. The molecule has 2 aromatic carbocycles. The number of aromatic nitrogens is 2. The third kappa shape index (κ3) is 4.26. The van der Waals surface area contributed by atoms with Crippen molar-refractivity contribution >= 4 is 17.5 Å². The Morgan fingerprint density at radius 3 is 2.54 bits per heavy atom. The molecule has 4 N–H and O–H groups in total. The number of rotatable bonds is 7. The van der Waals surface area contributed by atoms with Crippen molar-refractivity contribution in [3.8, 4) is 5.75 Å². The van der Waals surface area contributed by atoms with Crippen LogP contribution in [0.4, 0.5) is 4.39 Å². The maximum atomic E-state index is 13.5. The van der Waals surface area contributed by atoms with Crippen molar-refractivity contribution in [2.75, 3.05) is 7.11 Å². The van der Waals surface area contributed by atoms with Gasteiger partial charge in [-0.05, 0) is 35.4 Å². The van der Waals surface area contributed by atoms with Gasteiger partial charge in [0.25, 0.3) is 5.56 Å². The van der Waals surface area contributed by atoms with Gasteiger partial charge in [-0.2, -0.15) is 0 Å². The summed E-state index contributed by atoms with van der Waals surface area (Å²) in [6.07, 6.45) is 0.272. The lowest BCUT2D eigenvalue weighted by atomic mass is 9.87. The van der Waals surface area contributed by atoms with Gasteiger partial charge >= 0.3 is 0 Å². The van der Waals surface area contributed by atoms with Crippen molar-refractivity contribution in [3.05, 3.63) is 86.0 Å². The molecule has 0 aliphatic carbocycles. The summed E-state index contributed by atoms with van der Waals surface area (Å²) in [4.78, 5) is 24.2. The second-order valence-corrected chi connectivity index (χ2v) is 6.79. The van der Waals surface area contributed by atoms with E-state index in [1.54, 1.807) is 7.11 Å². The average Bonchev–Trinajstić information content (AvgIpc) is 3.01. The SMILES string of the molecule is COc1ccc(Cc2[nH][nH]c(=O)c2C(CC(N)=O)c2ccc(F)cc2Cl)cc1. The highest BCUT2D eigenvalue weighted by Gasteiger charge is 2.26. The zero-order valence-corrected chi connectivity index (χ0v) is 15.8. The number of hydrogen-bond donors (Lipinski definition) is 3. The first-order chi connectivity index (χ1) is 13.4. The maximum absolute atomic E-state index is 13.5. The number of primary amides is 1. The fourth-order valence-electron chi connectivity index (χ4n) is 3.21. The van der Waals surface area contributed by atoms with Crippen molar-refractivity contribution in [3.63, 3.8) is 0 Å². The fourth-order valence-corrected chi connectivity index (χ4v) is 3.51. The van der Waals surface area contributed by atoms with Gasteiger partial charge in [-0.1, -0.05) is 29.8 Å². The molecule has 0 bridgehead atoms. The smallest absolute Gasteiger partial charge is 0.267 e. The van der Waals surface area contributed by atoms with Crippen molar-refractivity contribution in [1.29, 1.82) is 0 Å². The van der Waals surface area contributed by atoms with Crippen LogP contribution < -0.4 is 16.0 Å². The van der Waals surface area contributed by atoms with Gasteiger partial charge in [-0.15, -0.1) is 0 Å². The number of benzene rings is 2. The first-order valence-electron chi connectivity index (χ1n) is 8.54. The summed E-state index contributed by atoms with van der Waals surface area (Å²) < 4.78 is 18.6. The van der Waals surface area contributed by atoms with E-state index in [1.807, 2.05) is 24.3 Å². The molecular weight excluding hydrogens is 385 g/mol. The number of nitrogens with one attached hydrogen (secondary N) is 2. The van der Waals surface area contributed by atoms with E-state index in [2.05, 4.69) is 10.2 Å². The Labute approximate surface area is 165 Å². The summed E-state index contributed by atoms with van der Waals surface area (Å²) in [6.45, 7) is 0. The third-order valence-corrected chi connectivity index (χ3v) is 4.86. The minimum atomic E-state index is -0.700. The highest BCUT2D eigenvalue weighted by molar-refractivity contribution is 6.31. The summed E-state index contributed by atoms with van der Waals surface area (Å²) in [6, 6.07) is 11.2. The lowest BCUT2D eigenvalue weighted by Gasteiger charge is -2.17. The van der Waals surface area contributed by atoms with E-state index in [1.165, 1.54) is 12.1 Å². The zero-order chi connectivity index (χ0) is 20.3. The topological polar surface area (TPSA) is 101 Å². The molecule has 1 heterocycles. The molecule has 146 valence electrons. The predicted molar refractivity (Wildman–Crippen MR) is 104 cm³/mol. The Kier molecular flexibility index (Phi) is 5.84. The van der Waals surface area contributed by atoms with Gasteiger partial charge in [0.05, 0.1) is 7.11 Å². The number of carbonyl (C=O) groups excluding carboxylic acids is 1. The van der Waals surface area contributed by atoms with Gasteiger partial charge in [-0.3, -0.25) is 14.7 Å². The highest BCUT2D eigenvalue weighted by Crippen LogP contribution is 2.33. The van der Waals surface area contributed by atoms with E-state index in [0.717, 1.165) is 17.4 Å². The third-order valence-electron chi connectivity index (χ3n) is 4.53. The molecule has 28 heavy (non-hydrogen) atoms. The van der Waals surface area contributed by atoms with Crippen LogP contribution in [0.25, 0.3) is 0 Å². The Hall–Kier alpha value is -3.06. The molecule has 0 spiro atoms. The quantitative estimate of drug-likeness (QED) is 0.565. The molecule has 1 amide bonds. The van der Waals surface area contributed by atoms with Crippen molar-refractivity contribution in [1.82, 2.24) is 10.2 Å². The molecule has 3 rings (SSSR count). The number of aromatic amines is 2. The number of carbonyl (C=O) groups is 1. The number of methoxy groups -OCH3 is 1. The first kappa shape index (κ1) is 19.7. The van der Waals surface area contributed by atoms with Crippen LogP contribution in [-0.2, 0) is 11.2 Å². The number of halogens is 2. The number of ether oxygens (including phenoxy) is 1. The summed E-state index contributed by atoms with van der Waals surface area (Å²) in [5, 5.41) is 5.55.